The Morgan fingerprint density at radius 3 is 1.48 bits per heavy atom. The molecule has 0 unspecified atom stereocenters. The average Bonchev–Trinajstić information content (AvgIpc) is 3.85. The molecule has 0 amide bonds. The Balaban J connectivity index is 0.958. The van der Waals surface area contributed by atoms with Crippen LogP contribution in [0.15, 0.2) is 197 Å². The highest BCUT2D eigenvalue weighted by Gasteiger charge is 2.18. The lowest BCUT2D eigenvalue weighted by atomic mass is 9.96. The predicted molar refractivity (Wildman–Crippen MR) is 227 cm³/mol. The number of hydrogen-bond donors (Lipinski definition) is 0. The number of rotatable bonds is 6. The van der Waals surface area contributed by atoms with E-state index in [4.69, 9.17) is 23.8 Å². The Hall–Kier alpha value is -7.63. The third-order valence-electron chi connectivity index (χ3n) is 10.6. The largest absolute Gasteiger partial charge is 0.456 e. The number of benzene rings is 8. The number of para-hydroxylation sites is 1. The number of hydrogen-bond acceptors (Lipinski definition) is 5. The summed E-state index contributed by atoms with van der Waals surface area (Å²) < 4.78 is 12.6. The van der Waals surface area contributed by atoms with E-state index in [2.05, 4.69) is 103 Å². The van der Waals surface area contributed by atoms with E-state index in [0.717, 1.165) is 93.9 Å². The van der Waals surface area contributed by atoms with Gasteiger partial charge in [0.2, 0.25) is 0 Å². The van der Waals surface area contributed by atoms with Gasteiger partial charge in [0.1, 0.15) is 22.3 Å². The summed E-state index contributed by atoms with van der Waals surface area (Å²) >= 11 is 0. The second kappa shape index (κ2) is 13.0. The fraction of sp³-hybridized carbons (Fsp3) is 0. The molecular formula is C51H31N3O2. The molecule has 5 nitrogen and oxygen atoms in total. The molecule has 0 radical (unpaired) electrons. The van der Waals surface area contributed by atoms with Gasteiger partial charge in [-0.3, -0.25) is 0 Å². The van der Waals surface area contributed by atoms with E-state index < -0.39 is 0 Å². The molecule has 0 aliphatic carbocycles. The van der Waals surface area contributed by atoms with Gasteiger partial charge >= 0.3 is 0 Å². The first-order chi connectivity index (χ1) is 27.7. The maximum absolute atomic E-state index is 6.42. The molecule has 0 saturated heterocycles. The van der Waals surface area contributed by atoms with Gasteiger partial charge in [0.05, 0.1) is 0 Å². The van der Waals surface area contributed by atoms with Gasteiger partial charge in [-0.05, 0) is 75.8 Å². The van der Waals surface area contributed by atoms with Gasteiger partial charge in [0, 0.05) is 38.2 Å². The van der Waals surface area contributed by atoms with Gasteiger partial charge in [-0.15, -0.1) is 0 Å². The molecule has 11 rings (SSSR count). The van der Waals surface area contributed by atoms with Gasteiger partial charge in [0.25, 0.3) is 0 Å². The molecule has 0 aliphatic rings. The highest BCUT2D eigenvalue weighted by atomic mass is 16.3. The van der Waals surface area contributed by atoms with Crippen LogP contribution in [-0.4, -0.2) is 15.0 Å². The summed E-state index contributed by atoms with van der Waals surface area (Å²) in [5, 5.41) is 4.26. The van der Waals surface area contributed by atoms with E-state index in [0.29, 0.717) is 17.5 Å². The Morgan fingerprint density at radius 2 is 0.750 bits per heavy atom. The van der Waals surface area contributed by atoms with Crippen LogP contribution in [0.4, 0.5) is 0 Å². The van der Waals surface area contributed by atoms with Crippen molar-refractivity contribution < 1.29 is 8.83 Å². The summed E-state index contributed by atoms with van der Waals surface area (Å²) in [4.78, 5) is 15.0. The summed E-state index contributed by atoms with van der Waals surface area (Å²) in [6.45, 7) is 0. The quantitative estimate of drug-likeness (QED) is 0.171. The molecular weight excluding hydrogens is 687 g/mol. The average molecular weight is 718 g/mol. The van der Waals surface area contributed by atoms with Crippen LogP contribution < -0.4 is 0 Å². The lowest BCUT2D eigenvalue weighted by molar-refractivity contribution is 0.668. The van der Waals surface area contributed by atoms with E-state index in [1.165, 1.54) is 0 Å². The van der Waals surface area contributed by atoms with Crippen molar-refractivity contribution in [3.05, 3.63) is 188 Å². The maximum Gasteiger partial charge on any atom is 0.164 e. The molecule has 0 fully saturated rings. The van der Waals surface area contributed by atoms with Crippen molar-refractivity contribution in [1.82, 2.24) is 15.0 Å². The van der Waals surface area contributed by atoms with Crippen molar-refractivity contribution >= 4 is 43.9 Å². The second-order valence-corrected chi connectivity index (χ2v) is 14.0. The van der Waals surface area contributed by atoms with Crippen LogP contribution in [0.5, 0.6) is 0 Å². The lowest BCUT2D eigenvalue weighted by Gasteiger charge is -2.09. The van der Waals surface area contributed by atoms with Gasteiger partial charge in [-0.1, -0.05) is 146 Å². The van der Waals surface area contributed by atoms with Gasteiger partial charge in [0.15, 0.2) is 17.5 Å². The van der Waals surface area contributed by atoms with Crippen molar-refractivity contribution in [2.24, 2.45) is 0 Å². The third-order valence-corrected chi connectivity index (χ3v) is 10.6. The van der Waals surface area contributed by atoms with Crippen LogP contribution in [0.2, 0.25) is 0 Å². The standard InChI is InChI=1S/C51H31N3O2/c1-3-11-34(12-4-1)49-52-50(35-13-5-2-6-14-35)54-51(53-49)42-18-10-20-46-48(42)43-30-38(26-28-45(43)55-46)33-23-21-32(22-24-33)36-15-9-16-37(29-36)39-25-27-41-40-17-7-8-19-44(40)56-47(41)31-39/h1-31H. The first-order valence-corrected chi connectivity index (χ1v) is 18.7. The Kier molecular flexibility index (Phi) is 7.42. The summed E-state index contributed by atoms with van der Waals surface area (Å²) in [5.41, 5.74) is 12.9. The minimum absolute atomic E-state index is 0.598. The van der Waals surface area contributed by atoms with Crippen molar-refractivity contribution in [3.63, 3.8) is 0 Å². The molecule has 0 aliphatic heterocycles. The van der Waals surface area contributed by atoms with Crippen molar-refractivity contribution in [1.29, 1.82) is 0 Å². The molecule has 3 aromatic heterocycles. The highest BCUT2D eigenvalue weighted by molar-refractivity contribution is 6.13. The van der Waals surface area contributed by atoms with Crippen molar-refractivity contribution in [2.75, 3.05) is 0 Å². The van der Waals surface area contributed by atoms with Crippen LogP contribution >= 0.6 is 0 Å². The van der Waals surface area contributed by atoms with E-state index in [1.54, 1.807) is 0 Å². The predicted octanol–water partition coefficient (Wildman–Crippen LogP) is 13.7. The van der Waals surface area contributed by atoms with Gasteiger partial charge < -0.3 is 8.83 Å². The molecule has 262 valence electrons. The Bertz CT molecular complexity index is 3180. The number of fused-ring (bicyclic) bond motifs is 6. The SMILES string of the molecule is c1ccc(-c2nc(-c3ccccc3)nc(-c3cccc4oc5ccc(-c6ccc(-c7cccc(-c8ccc9c(c8)oc8ccccc89)c7)cc6)cc5c34)n2)cc1. The zero-order valence-corrected chi connectivity index (χ0v) is 30.1. The normalized spacial score (nSPS) is 11.6. The molecule has 0 atom stereocenters. The Labute approximate surface area is 322 Å². The van der Waals surface area contributed by atoms with E-state index in [1.807, 2.05) is 84.9 Å². The summed E-state index contributed by atoms with van der Waals surface area (Å²) in [6, 6.07) is 64.7. The molecule has 0 bridgehead atoms. The summed E-state index contributed by atoms with van der Waals surface area (Å²) in [6.07, 6.45) is 0. The molecule has 5 heteroatoms. The van der Waals surface area contributed by atoms with Crippen LogP contribution in [0.1, 0.15) is 0 Å². The monoisotopic (exact) mass is 717 g/mol. The minimum atomic E-state index is 0.598. The van der Waals surface area contributed by atoms with Crippen LogP contribution in [-0.2, 0) is 0 Å². The third kappa shape index (κ3) is 5.53. The zero-order chi connectivity index (χ0) is 37.0. The molecule has 0 spiro atoms. The summed E-state index contributed by atoms with van der Waals surface area (Å²) in [5.74, 6) is 1.84. The number of aromatic nitrogens is 3. The fourth-order valence-corrected chi connectivity index (χ4v) is 7.76. The van der Waals surface area contributed by atoms with Gasteiger partial charge in [-0.25, -0.2) is 15.0 Å². The molecule has 11 aromatic rings. The Morgan fingerprint density at radius 1 is 0.268 bits per heavy atom. The molecule has 3 heterocycles. The maximum atomic E-state index is 6.42. The van der Waals surface area contributed by atoms with E-state index in [-0.39, 0.29) is 0 Å². The van der Waals surface area contributed by atoms with Crippen molar-refractivity contribution in [3.8, 4) is 67.5 Å². The minimum Gasteiger partial charge on any atom is -0.456 e. The second-order valence-electron chi connectivity index (χ2n) is 14.0. The molecule has 56 heavy (non-hydrogen) atoms. The van der Waals surface area contributed by atoms with E-state index in [9.17, 15) is 0 Å². The first-order valence-electron chi connectivity index (χ1n) is 18.7. The van der Waals surface area contributed by atoms with Crippen LogP contribution in [0.25, 0.3) is 111 Å². The van der Waals surface area contributed by atoms with E-state index >= 15 is 0 Å². The smallest absolute Gasteiger partial charge is 0.164 e. The van der Waals surface area contributed by atoms with Crippen LogP contribution in [0, 0.1) is 0 Å². The van der Waals surface area contributed by atoms with Crippen LogP contribution in [0.3, 0.4) is 0 Å². The van der Waals surface area contributed by atoms with Gasteiger partial charge in [-0.2, -0.15) is 0 Å². The molecule has 0 saturated carbocycles. The first kappa shape index (κ1) is 31.9. The highest BCUT2D eigenvalue weighted by Crippen LogP contribution is 2.39. The lowest BCUT2D eigenvalue weighted by Crippen LogP contribution is -2.00. The fourth-order valence-electron chi connectivity index (χ4n) is 7.76. The topological polar surface area (TPSA) is 65.0 Å². The molecule has 8 aromatic carbocycles. The number of nitrogens with zero attached hydrogens (tertiary/aromatic N) is 3. The number of furan rings is 2. The molecule has 0 N–H and O–H groups in total. The zero-order valence-electron chi connectivity index (χ0n) is 30.1. The summed E-state index contributed by atoms with van der Waals surface area (Å²) in [7, 11) is 0. The van der Waals surface area contributed by atoms with Crippen molar-refractivity contribution in [2.45, 2.75) is 0 Å².